The molecule has 1 aliphatic rings. The molecule has 0 saturated heterocycles. The summed E-state index contributed by atoms with van der Waals surface area (Å²) in [5.74, 6) is 1.98. The summed E-state index contributed by atoms with van der Waals surface area (Å²) in [7, 11) is 0. The molecule has 0 bridgehead atoms. The molecule has 0 atom stereocenters. The molecular weight excluding hydrogens is 546 g/mol. The van der Waals surface area contributed by atoms with E-state index in [9.17, 15) is 0 Å². The highest BCUT2D eigenvalue weighted by molar-refractivity contribution is 5.91. The Labute approximate surface area is 264 Å². The van der Waals surface area contributed by atoms with Crippen LogP contribution in [0.25, 0.3) is 67.5 Å². The van der Waals surface area contributed by atoms with Crippen LogP contribution in [0.5, 0.6) is 0 Å². The van der Waals surface area contributed by atoms with E-state index < -0.39 is 0 Å². The van der Waals surface area contributed by atoms with E-state index in [1.54, 1.807) is 0 Å². The van der Waals surface area contributed by atoms with Gasteiger partial charge in [0.25, 0.3) is 0 Å². The van der Waals surface area contributed by atoms with Crippen molar-refractivity contribution in [1.29, 1.82) is 0 Å². The molecule has 6 aromatic carbocycles. The minimum atomic E-state index is -0.116. The predicted octanol–water partition coefficient (Wildman–Crippen LogP) is 10.5. The second-order valence-electron chi connectivity index (χ2n) is 12.1. The van der Waals surface area contributed by atoms with Crippen molar-refractivity contribution in [3.63, 3.8) is 0 Å². The maximum absolute atomic E-state index is 5.19. The van der Waals surface area contributed by atoms with Crippen molar-refractivity contribution in [2.75, 3.05) is 0 Å². The van der Waals surface area contributed by atoms with E-state index in [2.05, 4.69) is 153 Å². The van der Waals surface area contributed by atoms with E-state index in [1.165, 1.54) is 22.3 Å². The molecule has 45 heavy (non-hydrogen) atoms. The molecule has 0 saturated carbocycles. The first kappa shape index (κ1) is 26.9. The molecule has 8 rings (SSSR count). The maximum atomic E-state index is 5.19. The second kappa shape index (κ2) is 10.8. The monoisotopic (exact) mass is 577 g/mol. The van der Waals surface area contributed by atoms with Crippen LogP contribution in [0.15, 0.2) is 152 Å². The number of hydrogen-bond donors (Lipinski definition) is 0. The minimum absolute atomic E-state index is 0.116. The van der Waals surface area contributed by atoms with Crippen LogP contribution in [0.1, 0.15) is 25.0 Å². The normalized spacial score (nSPS) is 12.8. The third-order valence-corrected chi connectivity index (χ3v) is 8.94. The molecule has 0 radical (unpaired) electrons. The van der Waals surface area contributed by atoms with Crippen molar-refractivity contribution in [1.82, 2.24) is 15.0 Å². The number of benzene rings is 6. The number of aromatic nitrogens is 3. The fraction of sp³-hybridized carbons (Fsp3) is 0.0714. The van der Waals surface area contributed by atoms with Gasteiger partial charge in [-0.15, -0.1) is 0 Å². The van der Waals surface area contributed by atoms with Gasteiger partial charge >= 0.3 is 0 Å². The third-order valence-electron chi connectivity index (χ3n) is 8.94. The Kier molecular flexibility index (Phi) is 6.46. The average molecular weight is 578 g/mol. The smallest absolute Gasteiger partial charge is 0.164 e. The van der Waals surface area contributed by atoms with Gasteiger partial charge in [-0.3, -0.25) is 0 Å². The quantitative estimate of drug-likeness (QED) is 0.204. The van der Waals surface area contributed by atoms with E-state index in [0.29, 0.717) is 17.5 Å². The zero-order valence-corrected chi connectivity index (χ0v) is 25.3. The van der Waals surface area contributed by atoms with E-state index in [-0.39, 0.29) is 5.41 Å². The molecule has 1 heterocycles. The first-order valence-electron chi connectivity index (χ1n) is 15.4. The molecule has 214 valence electrons. The summed E-state index contributed by atoms with van der Waals surface area (Å²) < 4.78 is 0. The molecule has 3 nitrogen and oxygen atoms in total. The SMILES string of the molecule is CC1(C)c2ccccc2-c2c(-c3nc(-c4cccc(-c5ccccc5)c4)nc(-c4cccc(-c5ccccc5)c4)n3)cccc21. The summed E-state index contributed by atoms with van der Waals surface area (Å²) >= 11 is 0. The Morgan fingerprint density at radius 2 is 0.778 bits per heavy atom. The van der Waals surface area contributed by atoms with Gasteiger partial charge in [-0.05, 0) is 56.6 Å². The lowest BCUT2D eigenvalue weighted by Crippen LogP contribution is -2.14. The largest absolute Gasteiger partial charge is 0.208 e. The lowest BCUT2D eigenvalue weighted by Gasteiger charge is -2.21. The topological polar surface area (TPSA) is 38.7 Å². The molecule has 3 heteroatoms. The Morgan fingerprint density at radius 1 is 0.356 bits per heavy atom. The first-order chi connectivity index (χ1) is 22.1. The molecule has 0 fully saturated rings. The van der Waals surface area contributed by atoms with Crippen LogP contribution in [-0.4, -0.2) is 15.0 Å². The molecule has 0 spiro atoms. The van der Waals surface area contributed by atoms with Gasteiger partial charge in [-0.1, -0.05) is 153 Å². The third kappa shape index (κ3) is 4.74. The molecule has 1 aliphatic carbocycles. The first-order valence-corrected chi connectivity index (χ1v) is 15.4. The molecule has 0 amide bonds. The van der Waals surface area contributed by atoms with Gasteiger partial charge in [0.2, 0.25) is 0 Å². The summed E-state index contributed by atoms with van der Waals surface area (Å²) in [5, 5.41) is 0. The highest BCUT2D eigenvalue weighted by Gasteiger charge is 2.37. The Balaban J connectivity index is 1.35. The standard InChI is InChI=1S/C42H31N3/c1-42(2)36-24-10-9-22-34(36)38-35(23-13-25-37(38)42)41-44-39(32-20-11-18-30(26-32)28-14-5-3-6-15-28)43-40(45-41)33-21-12-19-31(27-33)29-16-7-4-8-17-29/h3-27H,1-2H3. The minimum Gasteiger partial charge on any atom is -0.208 e. The van der Waals surface area contributed by atoms with E-state index in [0.717, 1.165) is 38.9 Å². The van der Waals surface area contributed by atoms with Gasteiger partial charge in [0.1, 0.15) is 0 Å². The van der Waals surface area contributed by atoms with Crippen LogP contribution < -0.4 is 0 Å². The molecular formula is C42H31N3. The number of fused-ring (bicyclic) bond motifs is 3. The summed E-state index contributed by atoms with van der Waals surface area (Å²) in [6.45, 7) is 4.60. The van der Waals surface area contributed by atoms with Crippen LogP contribution in [0.3, 0.4) is 0 Å². The van der Waals surface area contributed by atoms with Gasteiger partial charge in [0.05, 0.1) is 0 Å². The Morgan fingerprint density at radius 3 is 1.38 bits per heavy atom. The van der Waals surface area contributed by atoms with Crippen LogP contribution in [0.2, 0.25) is 0 Å². The Hall–Kier alpha value is -5.67. The van der Waals surface area contributed by atoms with Crippen molar-refractivity contribution in [3.8, 4) is 67.5 Å². The molecule has 0 N–H and O–H groups in total. The summed E-state index contributed by atoms with van der Waals surface area (Å²) in [4.78, 5) is 15.5. The highest BCUT2D eigenvalue weighted by Crippen LogP contribution is 2.51. The van der Waals surface area contributed by atoms with E-state index in [4.69, 9.17) is 15.0 Å². The fourth-order valence-electron chi connectivity index (χ4n) is 6.63. The van der Waals surface area contributed by atoms with Crippen LogP contribution >= 0.6 is 0 Å². The lowest BCUT2D eigenvalue weighted by molar-refractivity contribution is 0.660. The van der Waals surface area contributed by atoms with Gasteiger partial charge in [0.15, 0.2) is 17.5 Å². The zero-order chi connectivity index (χ0) is 30.4. The van der Waals surface area contributed by atoms with Crippen molar-refractivity contribution in [2.24, 2.45) is 0 Å². The van der Waals surface area contributed by atoms with Crippen LogP contribution in [0, 0.1) is 0 Å². The zero-order valence-electron chi connectivity index (χ0n) is 25.3. The van der Waals surface area contributed by atoms with Crippen LogP contribution in [0.4, 0.5) is 0 Å². The Bertz CT molecular complexity index is 2080. The number of hydrogen-bond acceptors (Lipinski definition) is 3. The van der Waals surface area contributed by atoms with Crippen LogP contribution in [-0.2, 0) is 5.41 Å². The number of nitrogens with zero attached hydrogens (tertiary/aromatic N) is 3. The maximum Gasteiger partial charge on any atom is 0.164 e. The highest BCUT2D eigenvalue weighted by atomic mass is 15.0. The molecule has 0 unspecified atom stereocenters. The van der Waals surface area contributed by atoms with E-state index >= 15 is 0 Å². The van der Waals surface area contributed by atoms with Gasteiger partial charge in [-0.2, -0.15) is 0 Å². The fourth-order valence-corrected chi connectivity index (χ4v) is 6.63. The number of rotatable bonds is 5. The molecule has 1 aromatic heterocycles. The molecule has 0 aliphatic heterocycles. The van der Waals surface area contributed by atoms with Gasteiger partial charge < -0.3 is 0 Å². The summed E-state index contributed by atoms with van der Waals surface area (Å²) in [5.41, 5.74) is 12.4. The van der Waals surface area contributed by atoms with Crippen molar-refractivity contribution < 1.29 is 0 Å². The summed E-state index contributed by atoms with van der Waals surface area (Å²) in [6.07, 6.45) is 0. The summed E-state index contributed by atoms with van der Waals surface area (Å²) in [6, 6.07) is 53.1. The average Bonchev–Trinajstić information content (AvgIpc) is 3.35. The molecule has 7 aromatic rings. The lowest BCUT2D eigenvalue weighted by atomic mass is 9.82. The van der Waals surface area contributed by atoms with Crippen molar-refractivity contribution in [2.45, 2.75) is 19.3 Å². The van der Waals surface area contributed by atoms with Crippen molar-refractivity contribution in [3.05, 3.63) is 163 Å². The van der Waals surface area contributed by atoms with Gasteiger partial charge in [-0.25, -0.2) is 15.0 Å². The van der Waals surface area contributed by atoms with Crippen molar-refractivity contribution >= 4 is 0 Å². The van der Waals surface area contributed by atoms with E-state index in [1.807, 2.05) is 12.1 Å². The second-order valence-corrected chi connectivity index (χ2v) is 12.1. The van der Waals surface area contributed by atoms with Gasteiger partial charge in [0, 0.05) is 22.1 Å². The predicted molar refractivity (Wildman–Crippen MR) is 185 cm³/mol.